The third-order valence-electron chi connectivity index (χ3n) is 1.52. The molecule has 0 rings (SSSR count). The van der Waals surface area contributed by atoms with E-state index in [2.05, 4.69) is 18.8 Å². The molecule has 0 aliphatic carbocycles. The van der Waals surface area contributed by atoms with Crippen LogP contribution in [0.1, 0.15) is 20.3 Å². The van der Waals surface area contributed by atoms with Gasteiger partial charge in [0.15, 0.2) is 0 Å². The highest BCUT2D eigenvalue weighted by molar-refractivity contribution is 4.98. The molecule has 10 heavy (non-hydrogen) atoms. The quantitative estimate of drug-likeness (QED) is 0.443. The van der Waals surface area contributed by atoms with Gasteiger partial charge >= 0.3 is 0 Å². The second-order valence-corrected chi connectivity index (χ2v) is 2.60. The summed E-state index contributed by atoms with van der Waals surface area (Å²) in [5.41, 5.74) is 1.14. The number of aliphatic hydroxyl groups is 1. The molecule has 0 heterocycles. The molecule has 0 fully saturated rings. The van der Waals surface area contributed by atoms with E-state index in [1.165, 1.54) is 0 Å². The topological polar surface area (TPSA) is 32.3 Å². The highest BCUT2D eigenvalue weighted by atomic mass is 16.3. The first-order valence-electron chi connectivity index (χ1n) is 3.68. The summed E-state index contributed by atoms with van der Waals surface area (Å²) in [6, 6.07) is 0.367. The van der Waals surface area contributed by atoms with Gasteiger partial charge in [-0.15, -0.1) is 0 Å². The van der Waals surface area contributed by atoms with E-state index in [0.29, 0.717) is 6.04 Å². The lowest BCUT2D eigenvalue weighted by molar-refractivity contribution is 0.285. The summed E-state index contributed by atoms with van der Waals surface area (Å²) in [6.45, 7) is 9.00. The average Bonchev–Trinajstić information content (AvgIpc) is 1.88. The lowest BCUT2D eigenvalue weighted by Gasteiger charge is -2.12. The maximum Gasteiger partial charge on any atom is 0.0443 e. The van der Waals surface area contributed by atoms with E-state index in [0.717, 1.165) is 18.5 Å². The summed E-state index contributed by atoms with van der Waals surface area (Å²) in [5, 5.41) is 11.7. The van der Waals surface area contributed by atoms with Gasteiger partial charge in [-0.1, -0.05) is 12.2 Å². The maximum absolute atomic E-state index is 8.46. The molecule has 0 aromatic carbocycles. The van der Waals surface area contributed by atoms with Gasteiger partial charge in [0, 0.05) is 12.6 Å². The second-order valence-electron chi connectivity index (χ2n) is 2.60. The Balaban J connectivity index is 3.21. The largest absolute Gasteiger partial charge is 0.396 e. The van der Waals surface area contributed by atoms with Crippen molar-refractivity contribution in [3.8, 4) is 0 Å². The minimum atomic E-state index is 0.260. The monoisotopic (exact) mass is 143 g/mol. The van der Waals surface area contributed by atoms with Crippen LogP contribution in [-0.2, 0) is 0 Å². The van der Waals surface area contributed by atoms with E-state index in [-0.39, 0.29) is 6.61 Å². The van der Waals surface area contributed by atoms with Crippen molar-refractivity contribution >= 4 is 0 Å². The van der Waals surface area contributed by atoms with Crippen molar-refractivity contribution in [2.45, 2.75) is 26.3 Å². The zero-order valence-corrected chi connectivity index (χ0v) is 6.85. The van der Waals surface area contributed by atoms with Gasteiger partial charge in [0.2, 0.25) is 0 Å². The first-order valence-corrected chi connectivity index (χ1v) is 3.68. The molecule has 2 N–H and O–H groups in total. The highest BCUT2D eigenvalue weighted by Crippen LogP contribution is 1.94. The van der Waals surface area contributed by atoms with Crippen molar-refractivity contribution in [3.05, 3.63) is 12.2 Å². The molecule has 0 spiro atoms. The minimum Gasteiger partial charge on any atom is -0.396 e. The van der Waals surface area contributed by atoms with Crippen LogP contribution in [0.15, 0.2) is 12.2 Å². The Hall–Kier alpha value is -0.340. The van der Waals surface area contributed by atoms with E-state index in [1.807, 2.05) is 6.92 Å². The number of hydrogen-bond donors (Lipinski definition) is 2. The lowest BCUT2D eigenvalue weighted by Crippen LogP contribution is -2.27. The zero-order chi connectivity index (χ0) is 7.98. The molecule has 1 atom stereocenters. The van der Waals surface area contributed by atoms with Gasteiger partial charge in [-0.25, -0.2) is 0 Å². The van der Waals surface area contributed by atoms with E-state index in [1.54, 1.807) is 0 Å². The van der Waals surface area contributed by atoms with Crippen molar-refractivity contribution in [1.29, 1.82) is 0 Å². The molecule has 0 saturated carbocycles. The van der Waals surface area contributed by atoms with Crippen molar-refractivity contribution in [2.75, 3.05) is 13.2 Å². The summed E-state index contributed by atoms with van der Waals surface area (Å²) >= 11 is 0. The molecule has 2 heteroatoms. The first-order chi connectivity index (χ1) is 4.68. The predicted molar refractivity (Wildman–Crippen MR) is 44.0 cm³/mol. The van der Waals surface area contributed by atoms with Gasteiger partial charge in [0.05, 0.1) is 0 Å². The van der Waals surface area contributed by atoms with Gasteiger partial charge in [-0.2, -0.15) is 0 Å². The number of hydrogen-bond acceptors (Lipinski definition) is 2. The van der Waals surface area contributed by atoms with Crippen molar-refractivity contribution in [3.63, 3.8) is 0 Å². The number of aliphatic hydroxyl groups excluding tert-OH is 1. The Morgan fingerprint density at radius 2 is 2.30 bits per heavy atom. The fourth-order valence-electron chi connectivity index (χ4n) is 0.572. The maximum atomic E-state index is 8.46. The van der Waals surface area contributed by atoms with Crippen molar-refractivity contribution in [2.24, 2.45) is 0 Å². The molecule has 60 valence electrons. The van der Waals surface area contributed by atoms with Gasteiger partial charge in [0.25, 0.3) is 0 Å². The van der Waals surface area contributed by atoms with Crippen LogP contribution in [0.4, 0.5) is 0 Å². The Morgan fingerprint density at radius 3 is 2.70 bits per heavy atom. The molecule has 0 aliphatic rings. The Labute approximate surface area is 62.9 Å². The van der Waals surface area contributed by atoms with Gasteiger partial charge < -0.3 is 10.4 Å². The van der Waals surface area contributed by atoms with Crippen LogP contribution < -0.4 is 5.32 Å². The zero-order valence-electron chi connectivity index (χ0n) is 6.85. The van der Waals surface area contributed by atoms with E-state index < -0.39 is 0 Å². The predicted octanol–water partition coefficient (Wildman–Crippen LogP) is 0.923. The van der Waals surface area contributed by atoms with Gasteiger partial charge in [0.1, 0.15) is 0 Å². The second kappa shape index (κ2) is 5.45. The molecular formula is C8H17NO. The summed E-state index contributed by atoms with van der Waals surface area (Å²) in [6.07, 6.45) is 0.817. The smallest absolute Gasteiger partial charge is 0.0443 e. The molecule has 1 unspecified atom stereocenters. The molecule has 0 aromatic rings. The van der Waals surface area contributed by atoms with Crippen LogP contribution in [-0.4, -0.2) is 24.3 Å². The normalized spacial score (nSPS) is 13.1. The fraction of sp³-hybridized carbons (Fsp3) is 0.750. The van der Waals surface area contributed by atoms with Gasteiger partial charge in [-0.3, -0.25) is 0 Å². The Kier molecular flexibility index (Phi) is 5.26. The molecule has 0 aromatic heterocycles. The fourth-order valence-corrected chi connectivity index (χ4v) is 0.572. The van der Waals surface area contributed by atoms with Crippen molar-refractivity contribution in [1.82, 2.24) is 5.32 Å². The summed E-state index contributed by atoms with van der Waals surface area (Å²) in [4.78, 5) is 0. The first kappa shape index (κ1) is 9.66. The summed E-state index contributed by atoms with van der Waals surface area (Å²) in [5.74, 6) is 0. The van der Waals surface area contributed by atoms with Crippen LogP contribution in [0.5, 0.6) is 0 Å². The number of nitrogens with one attached hydrogen (secondary N) is 1. The highest BCUT2D eigenvalue weighted by Gasteiger charge is 1.98. The molecule has 0 radical (unpaired) electrons. The molecule has 0 aliphatic heterocycles. The molecule has 0 saturated heterocycles. The third-order valence-corrected chi connectivity index (χ3v) is 1.52. The van der Waals surface area contributed by atoms with Crippen LogP contribution in [0.25, 0.3) is 0 Å². The van der Waals surface area contributed by atoms with Crippen LogP contribution >= 0.6 is 0 Å². The molecule has 0 bridgehead atoms. The minimum absolute atomic E-state index is 0.260. The molecular weight excluding hydrogens is 126 g/mol. The Bertz CT molecular complexity index is 101. The van der Waals surface area contributed by atoms with Crippen LogP contribution in [0.3, 0.4) is 0 Å². The van der Waals surface area contributed by atoms with E-state index >= 15 is 0 Å². The third kappa shape index (κ3) is 4.53. The summed E-state index contributed by atoms with van der Waals surface area (Å²) < 4.78 is 0. The lowest BCUT2D eigenvalue weighted by atomic mass is 10.2. The standard InChI is InChI=1S/C8H17NO/c1-7(2)8(3)9-5-4-6-10/h8-10H,1,4-6H2,2-3H3. The Morgan fingerprint density at radius 1 is 1.70 bits per heavy atom. The average molecular weight is 143 g/mol. The summed E-state index contributed by atoms with van der Waals surface area (Å²) in [7, 11) is 0. The van der Waals surface area contributed by atoms with E-state index in [4.69, 9.17) is 5.11 Å². The van der Waals surface area contributed by atoms with Crippen molar-refractivity contribution < 1.29 is 5.11 Å². The van der Waals surface area contributed by atoms with Crippen LogP contribution in [0.2, 0.25) is 0 Å². The SMILES string of the molecule is C=C(C)C(C)NCCCO. The number of rotatable bonds is 5. The molecule has 0 amide bonds. The molecule has 2 nitrogen and oxygen atoms in total. The van der Waals surface area contributed by atoms with Crippen LogP contribution in [0, 0.1) is 0 Å². The van der Waals surface area contributed by atoms with Gasteiger partial charge in [-0.05, 0) is 26.8 Å². The van der Waals surface area contributed by atoms with E-state index in [9.17, 15) is 0 Å².